The van der Waals surface area contributed by atoms with E-state index in [9.17, 15) is 0 Å². The molecule has 1 aromatic heterocycles. The Hall–Kier alpha value is -1.13. The minimum Gasteiger partial charge on any atom is -0.334 e. The molecule has 20 heavy (non-hydrogen) atoms. The molecule has 1 aromatic carbocycles. The lowest BCUT2D eigenvalue weighted by Crippen LogP contribution is -2.26. The maximum Gasteiger partial charge on any atom is 0.130 e. The molecule has 0 aliphatic carbocycles. The van der Waals surface area contributed by atoms with Crippen LogP contribution in [0.2, 0.25) is 0 Å². The molecule has 2 aromatic rings. The predicted molar refractivity (Wildman–Crippen MR) is 86.9 cm³/mol. The number of nitrogens with one attached hydrogen (secondary N) is 1. The molecule has 1 atom stereocenters. The van der Waals surface area contributed by atoms with Crippen LogP contribution in [0, 0.1) is 6.92 Å². The highest BCUT2D eigenvalue weighted by Crippen LogP contribution is 2.29. The van der Waals surface area contributed by atoms with Gasteiger partial charge in [-0.15, -0.1) is 0 Å². The maximum absolute atomic E-state index is 4.57. The number of aryl methyl sites for hydroxylation is 2. The lowest BCUT2D eigenvalue weighted by Gasteiger charge is -2.21. The van der Waals surface area contributed by atoms with Crippen LogP contribution >= 0.6 is 15.9 Å². The van der Waals surface area contributed by atoms with Gasteiger partial charge >= 0.3 is 0 Å². The zero-order valence-corrected chi connectivity index (χ0v) is 13.9. The summed E-state index contributed by atoms with van der Waals surface area (Å²) in [6, 6.07) is 6.59. The van der Waals surface area contributed by atoms with Gasteiger partial charge in [0.05, 0.1) is 6.04 Å². The highest BCUT2D eigenvalue weighted by atomic mass is 79.9. The second-order valence-corrected chi connectivity index (χ2v) is 5.84. The highest BCUT2D eigenvalue weighted by molar-refractivity contribution is 9.10. The molecule has 0 radical (unpaired) electrons. The van der Waals surface area contributed by atoms with E-state index in [0.717, 1.165) is 29.8 Å². The van der Waals surface area contributed by atoms with E-state index in [1.54, 1.807) is 0 Å². The highest BCUT2D eigenvalue weighted by Gasteiger charge is 2.20. The molecule has 0 bridgehead atoms. The zero-order valence-electron chi connectivity index (χ0n) is 12.4. The van der Waals surface area contributed by atoms with Gasteiger partial charge in [-0.2, -0.15) is 0 Å². The first-order valence-electron chi connectivity index (χ1n) is 7.17. The monoisotopic (exact) mass is 335 g/mol. The lowest BCUT2D eigenvalue weighted by molar-refractivity contribution is 0.540. The van der Waals surface area contributed by atoms with Crippen molar-refractivity contribution in [1.82, 2.24) is 14.9 Å². The Morgan fingerprint density at radius 1 is 1.35 bits per heavy atom. The van der Waals surface area contributed by atoms with Crippen molar-refractivity contribution < 1.29 is 0 Å². The molecule has 0 aliphatic rings. The van der Waals surface area contributed by atoms with Crippen LogP contribution in [-0.4, -0.2) is 16.1 Å². The average molecular weight is 336 g/mol. The fraction of sp³-hybridized carbons (Fsp3) is 0.438. The summed E-state index contributed by atoms with van der Waals surface area (Å²) >= 11 is 3.68. The largest absolute Gasteiger partial charge is 0.334 e. The van der Waals surface area contributed by atoms with Gasteiger partial charge in [-0.3, -0.25) is 0 Å². The molecule has 0 spiro atoms. The van der Waals surface area contributed by atoms with Crippen molar-refractivity contribution in [3.8, 4) is 0 Å². The summed E-state index contributed by atoms with van der Waals surface area (Å²) in [5.74, 6) is 1.08. The molecule has 0 fully saturated rings. The molecular weight excluding hydrogens is 314 g/mol. The standard InChI is InChI=1S/C16H22BrN3/c1-4-8-18-15(16-19-9-10-20(16)5-2)13-11-12(3)6-7-14(13)17/h6-7,9-11,15,18H,4-5,8H2,1-3H3. The second kappa shape index (κ2) is 7.04. The van der Waals surface area contributed by atoms with Crippen LogP contribution in [-0.2, 0) is 6.54 Å². The van der Waals surface area contributed by atoms with Gasteiger partial charge in [-0.1, -0.05) is 40.5 Å². The number of rotatable bonds is 6. The second-order valence-electron chi connectivity index (χ2n) is 4.98. The molecule has 0 saturated heterocycles. The van der Waals surface area contributed by atoms with Gasteiger partial charge in [0.25, 0.3) is 0 Å². The number of hydrogen-bond donors (Lipinski definition) is 1. The summed E-state index contributed by atoms with van der Waals surface area (Å²) in [5, 5.41) is 3.62. The van der Waals surface area contributed by atoms with E-state index >= 15 is 0 Å². The van der Waals surface area contributed by atoms with Crippen LogP contribution in [0.1, 0.15) is 43.3 Å². The lowest BCUT2D eigenvalue weighted by atomic mass is 10.0. The Labute approximate surface area is 129 Å². The minimum atomic E-state index is 0.124. The van der Waals surface area contributed by atoms with E-state index in [4.69, 9.17) is 0 Å². The van der Waals surface area contributed by atoms with E-state index in [1.807, 2.05) is 12.4 Å². The first-order chi connectivity index (χ1) is 9.67. The van der Waals surface area contributed by atoms with Crippen molar-refractivity contribution in [2.75, 3.05) is 6.54 Å². The van der Waals surface area contributed by atoms with E-state index in [-0.39, 0.29) is 6.04 Å². The number of hydrogen-bond acceptors (Lipinski definition) is 2. The third-order valence-corrected chi connectivity index (χ3v) is 4.13. The molecular formula is C16H22BrN3. The van der Waals surface area contributed by atoms with Crippen LogP contribution in [0.4, 0.5) is 0 Å². The maximum atomic E-state index is 4.57. The molecule has 2 rings (SSSR count). The fourth-order valence-electron chi connectivity index (χ4n) is 2.36. The van der Waals surface area contributed by atoms with Gasteiger partial charge in [0.1, 0.15) is 5.82 Å². The molecule has 3 nitrogen and oxygen atoms in total. The summed E-state index contributed by atoms with van der Waals surface area (Å²) in [6.45, 7) is 8.36. The van der Waals surface area contributed by atoms with Gasteiger partial charge in [0.2, 0.25) is 0 Å². The van der Waals surface area contributed by atoms with Gasteiger partial charge in [0.15, 0.2) is 0 Å². The van der Waals surface area contributed by atoms with Crippen molar-refractivity contribution in [2.45, 2.75) is 39.8 Å². The van der Waals surface area contributed by atoms with Gasteiger partial charge in [0, 0.05) is 23.4 Å². The summed E-state index contributed by atoms with van der Waals surface area (Å²) < 4.78 is 3.32. The Balaban J connectivity index is 2.44. The van der Waals surface area contributed by atoms with Crippen molar-refractivity contribution in [3.05, 3.63) is 52.0 Å². The van der Waals surface area contributed by atoms with Crippen LogP contribution < -0.4 is 5.32 Å². The number of imidazole rings is 1. The molecule has 108 valence electrons. The first-order valence-corrected chi connectivity index (χ1v) is 7.97. The predicted octanol–water partition coefficient (Wildman–Crippen LogP) is 4.06. The molecule has 4 heteroatoms. The third kappa shape index (κ3) is 3.30. The molecule has 0 amide bonds. The Morgan fingerprint density at radius 2 is 2.15 bits per heavy atom. The smallest absolute Gasteiger partial charge is 0.130 e. The SMILES string of the molecule is CCCNC(c1cc(C)ccc1Br)c1nccn1CC. The minimum absolute atomic E-state index is 0.124. The van der Waals surface area contributed by atoms with E-state index in [2.05, 4.69) is 69.8 Å². The Kier molecular flexibility index (Phi) is 5.38. The number of nitrogens with zero attached hydrogens (tertiary/aromatic N) is 2. The summed E-state index contributed by atoms with van der Waals surface area (Å²) in [6.07, 6.45) is 5.02. The Morgan fingerprint density at radius 3 is 2.85 bits per heavy atom. The van der Waals surface area contributed by atoms with Crippen molar-refractivity contribution in [1.29, 1.82) is 0 Å². The third-order valence-electron chi connectivity index (χ3n) is 3.41. The van der Waals surface area contributed by atoms with Gasteiger partial charge in [-0.25, -0.2) is 4.98 Å². The molecule has 1 heterocycles. The van der Waals surface area contributed by atoms with Crippen molar-refractivity contribution in [2.24, 2.45) is 0 Å². The normalized spacial score (nSPS) is 12.6. The molecule has 1 unspecified atom stereocenters. The average Bonchev–Trinajstić information content (AvgIpc) is 2.91. The number of halogens is 1. The zero-order chi connectivity index (χ0) is 14.5. The first kappa shape index (κ1) is 15.3. The molecule has 0 saturated carbocycles. The van der Waals surface area contributed by atoms with E-state index in [0.29, 0.717) is 0 Å². The van der Waals surface area contributed by atoms with E-state index < -0.39 is 0 Å². The van der Waals surface area contributed by atoms with Crippen molar-refractivity contribution in [3.63, 3.8) is 0 Å². The molecule has 1 N–H and O–H groups in total. The van der Waals surface area contributed by atoms with Crippen LogP contribution in [0.25, 0.3) is 0 Å². The van der Waals surface area contributed by atoms with Gasteiger partial charge < -0.3 is 9.88 Å². The van der Waals surface area contributed by atoms with Crippen LogP contribution in [0.5, 0.6) is 0 Å². The summed E-state index contributed by atoms with van der Waals surface area (Å²) in [5.41, 5.74) is 2.51. The van der Waals surface area contributed by atoms with Crippen LogP contribution in [0.15, 0.2) is 35.1 Å². The fourth-order valence-corrected chi connectivity index (χ4v) is 2.84. The number of aromatic nitrogens is 2. The van der Waals surface area contributed by atoms with E-state index in [1.165, 1.54) is 11.1 Å². The number of benzene rings is 1. The molecule has 0 aliphatic heterocycles. The topological polar surface area (TPSA) is 29.9 Å². The van der Waals surface area contributed by atoms with Crippen LogP contribution in [0.3, 0.4) is 0 Å². The quantitative estimate of drug-likeness (QED) is 0.862. The Bertz CT molecular complexity index is 563. The van der Waals surface area contributed by atoms with Gasteiger partial charge in [-0.05, 0) is 38.4 Å². The summed E-state index contributed by atoms with van der Waals surface area (Å²) in [7, 11) is 0. The van der Waals surface area contributed by atoms with Crippen molar-refractivity contribution >= 4 is 15.9 Å². The summed E-state index contributed by atoms with van der Waals surface area (Å²) in [4.78, 5) is 4.57.